The predicted molar refractivity (Wildman–Crippen MR) is 137 cm³/mol. The highest BCUT2D eigenvalue weighted by Gasteiger charge is 2.34. The molecule has 0 radical (unpaired) electrons. The monoisotopic (exact) mass is 524 g/mol. The number of fused-ring (bicyclic) bond motifs is 1. The molecule has 1 aliphatic heterocycles. The molecule has 3 aromatic heterocycles. The number of rotatable bonds is 6. The molecule has 0 saturated carbocycles. The van der Waals surface area contributed by atoms with Crippen LogP contribution >= 0.6 is 0 Å². The Kier molecular flexibility index (Phi) is 6.98. The Balaban J connectivity index is 1.22. The summed E-state index contributed by atoms with van der Waals surface area (Å²) in [4.78, 5) is 36.3. The third-order valence-corrected chi connectivity index (χ3v) is 6.40. The molecule has 0 unspecified atom stereocenters. The predicted octanol–water partition coefficient (Wildman–Crippen LogP) is 4.37. The molecule has 1 fully saturated rings. The van der Waals surface area contributed by atoms with Gasteiger partial charge in [-0.3, -0.25) is 9.69 Å². The van der Waals surface area contributed by atoms with Crippen LogP contribution in [0.15, 0.2) is 42.7 Å². The third kappa shape index (κ3) is 6.08. The SMILES string of the molecule is Cc1ncc(C)c(-c2ccc3nc(Nc4cc(CN5CCN(C(=O)CC(F)(F)F)CC5)ccn4)[nH]c3c2)n1. The Hall–Kier alpha value is -4.06. The van der Waals surface area contributed by atoms with Gasteiger partial charge in [0.05, 0.1) is 16.7 Å². The van der Waals surface area contributed by atoms with E-state index in [1.807, 2.05) is 50.4 Å². The number of imidazole rings is 1. The molecule has 1 aromatic carbocycles. The molecule has 1 amide bonds. The van der Waals surface area contributed by atoms with Crippen LogP contribution in [0.4, 0.5) is 24.9 Å². The van der Waals surface area contributed by atoms with Crippen LogP contribution in [0.5, 0.6) is 0 Å². The maximum atomic E-state index is 12.5. The molecule has 2 N–H and O–H groups in total. The van der Waals surface area contributed by atoms with Gasteiger partial charge in [0.2, 0.25) is 11.9 Å². The Labute approximate surface area is 217 Å². The molecule has 0 atom stereocenters. The minimum absolute atomic E-state index is 0.278. The first kappa shape index (κ1) is 25.6. The fourth-order valence-corrected chi connectivity index (χ4v) is 4.50. The summed E-state index contributed by atoms with van der Waals surface area (Å²) >= 11 is 0. The van der Waals surface area contributed by atoms with Crippen molar-refractivity contribution >= 4 is 28.7 Å². The summed E-state index contributed by atoms with van der Waals surface area (Å²) in [6, 6.07) is 9.73. The number of benzene rings is 1. The number of nitrogens with zero attached hydrogens (tertiary/aromatic N) is 6. The topological polar surface area (TPSA) is 103 Å². The van der Waals surface area contributed by atoms with Crippen molar-refractivity contribution in [1.82, 2.24) is 34.7 Å². The van der Waals surface area contributed by atoms with Crippen LogP contribution < -0.4 is 5.32 Å². The smallest absolute Gasteiger partial charge is 0.340 e. The van der Waals surface area contributed by atoms with Gasteiger partial charge in [-0.2, -0.15) is 13.2 Å². The van der Waals surface area contributed by atoms with E-state index in [2.05, 4.69) is 35.1 Å². The summed E-state index contributed by atoms with van der Waals surface area (Å²) in [5.41, 5.74) is 5.48. The van der Waals surface area contributed by atoms with Gasteiger partial charge < -0.3 is 15.2 Å². The zero-order chi connectivity index (χ0) is 26.9. The van der Waals surface area contributed by atoms with E-state index < -0.39 is 18.5 Å². The van der Waals surface area contributed by atoms with Gasteiger partial charge >= 0.3 is 6.18 Å². The zero-order valence-corrected chi connectivity index (χ0v) is 21.0. The largest absolute Gasteiger partial charge is 0.397 e. The molecule has 4 heterocycles. The molecule has 0 bridgehead atoms. The number of halogens is 3. The molecule has 4 aromatic rings. The number of aromatic amines is 1. The van der Waals surface area contributed by atoms with Crippen LogP contribution in [0.3, 0.4) is 0 Å². The maximum Gasteiger partial charge on any atom is 0.397 e. The number of carbonyl (C=O) groups excluding carboxylic acids is 1. The summed E-state index contributed by atoms with van der Waals surface area (Å²) in [6.45, 7) is 6.00. The van der Waals surface area contributed by atoms with Crippen molar-refractivity contribution < 1.29 is 18.0 Å². The number of hydrogen-bond donors (Lipinski definition) is 2. The van der Waals surface area contributed by atoms with E-state index in [1.54, 1.807) is 6.20 Å². The zero-order valence-electron chi connectivity index (χ0n) is 21.0. The number of pyridine rings is 1. The van der Waals surface area contributed by atoms with Gasteiger partial charge in [0.1, 0.15) is 18.1 Å². The number of anilines is 2. The van der Waals surface area contributed by atoms with Crippen LogP contribution in [-0.4, -0.2) is 73.0 Å². The standard InChI is InChI=1S/C26H27F3N8O/c1-16-14-31-17(2)32-24(16)19-3-4-20-21(12-19)34-25(33-20)35-22-11-18(5-6-30-22)15-36-7-9-37(10-8-36)23(38)13-26(27,28)29/h3-6,11-12,14H,7-10,13,15H2,1-2H3,(H2,30,33,34,35). The van der Waals surface area contributed by atoms with E-state index in [9.17, 15) is 18.0 Å². The average molecular weight is 525 g/mol. The van der Waals surface area contributed by atoms with E-state index in [0.29, 0.717) is 37.2 Å². The summed E-state index contributed by atoms with van der Waals surface area (Å²) in [5, 5.41) is 3.21. The van der Waals surface area contributed by atoms with Gasteiger partial charge in [0, 0.05) is 50.7 Å². The quantitative estimate of drug-likeness (QED) is 0.386. The number of carbonyl (C=O) groups is 1. The first-order valence-corrected chi connectivity index (χ1v) is 12.2. The fraction of sp³-hybridized carbons (Fsp3) is 0.346. The highest BCUT2D eigenvalue weighted by Crippen LogP contribution is 2.26. The average Bonchev–Trinajstić information content (AvgIpc) is 3.26. The minimum atomic E-state index is -4.48. The number of alkyl halides is 3. The van der Waals surface area contributed by atoms with Crippen molar-refractivity contribution in [2.24, 2.45) is 0 Å². The van der Waals surface area contributed by atoms with Crippen LogP contribution in [0.1, 0.15) is 23.4 Å². The minimum Gasteiger partial charge on any atom is -0.340 e. The molecule has 12 heteroatoms. The molecule has 38 heavy (non-hydrogen) atoms. The number of amides is 1. The molecule has 0 aliphatic carbocycles. The van der Waals surface area contributed by atoms with Gasteiger partial charge in [-0.05, 0) is 49.2 Å². The molecule has 1 saturated heterocycles. The molecular formula is C26H27F3N8O. The Morgan fingerprint density at radius 1 is 1.05 bits per heavy atom. The lowest BCUT2D eigenvalue weighted by Gasteiger charge is -2.35. The number of aryl methyl sites for hydroxylation is 2. The van der Waals surface area contributed by atoms with Gasteiger partial charge in [0.25, 0.3) is 0 Å². The first-order valence-electron chi connectivity index (χ1n) is 12.2. The summed E-state index contributed by atoms with van der Waals surface area (Å²) in [5.74, 6) is 1.01. The highest BCUT2D eigenvalue weighted by atomic mass is 19.4. The molecular weight excluding hydrogens is 497 g/mol. The number of hydrogen-bond acceptors (Lipinski definition) is 7. The van der Waals surface area contributed by atoms with Gasteiger partial charge in [-0.15, -0.1) is 0 Å². The van der Waals surface area contributed by atoms with E-state index in [0.717, 1.165) is 33.4 Å². The van der Waals surface area contributed by atoms with Crippen LogP contribution in [0, 0.1) is 13.8 Å². The third-order valence-electron chi connectivity index (χ3n) is 6.40. The summed E-state index contributed by atoms with van der Waals surface area (Å²) in [6.07, 6.45) is -2.38. The Morgan fingerprint density at radius 3 is 2.61 bits per heavy atom. The molecule has 1 aliphatic rings. The fourth-order valence-electron chi connectivity index (χ4n) is 4.50. The molecule has 5 rings (SSSR count). The summed E-state index contributed by atoms with van der Waals surface area (Å²) in [7, 11) is 0. The Morgan fingerprint density at radius 2 is 1.84 bits per heavy atom. The van der Waals surface area contributed by atoms with Crippen molar-refractivity contribution in [3.8, 4) is 11.3 Å². The van der Waals surface area contributed by atoms with E-state index in [1.165, 1.54) is 4.90 Å². The Bertz CT molecular complexity index is 1460. The lowest BCUT2D eigenvalue weighted by molar-refractivity contribution is -0.162. The number of H-pyrrole nitrogens is 1. The second kappa shape index (κ2) is 10.4. The van der Waals surface area contributed by atoms with Crippen molar-refractivity contribution in [3.63, 3.8) is 0 Å². The number of piperazine rings is 1. The van der Waals surface area contributed by atoms with Crippen LogP contribution in [0.25, 0.3) is 22.3 Å². The van der Waals surface area contributed by atoms with E-state index >= 15 is 0 Å². The highest BCUT2D eigenvalue weighted by molar-refractivity contribution is 5.83. The first-order chi connectivity index (χ1) is 18.1. The molecule has 9 nitrogen and oxygen atoms in total. The second-order valence-corrected chi connectivity index (χ2v) is 9.39. The lowest BCUT2D eigenvalue weighted by Crippen LogP contribution is -2.49. The van der Waals surface area contributed by atoms with Gasteiger partial charge in [-0.1, -0.05) is 6.07 Å². The van der Waals surface area contributed by atoms with Crippen molar-refractivity contribution in [1.29, 1.82) is 0 Å². The van der Waals surface area contributed by atoms with Crippen LogP contribution in [-0.2, 0) is 11.3 Å². The maximum absolute atomic E-state index is 12.5. The van der Waals surface area contributed by atoms with E-state index in [4.69, 9.17) is 0 Å². The second-order valence-electron chi connectivity index (χ2n) is 9.39. The molecule has 198 valence electrons. The van der Waals surface area contributed by atoms with E-state index in [-0.39, 0.29) is 13.1 Å². The van der Waals surface area contributed by atoms with Crippen molar-refractivity contribution in [2.45, 2.75) is 33.0 Å². The lowest BCUT2D eigenvalue weighted by atomic mass is 10.1. The summed E-state index contributed by atoms with van der Waals surface area (Å²) < 4.78 is 37.5. The van der Waals surface area contributed by atoms with Crippen molar-refractivity contribution in [2.75, 3.05) is 31.5 Å². The number of aromatic nitrogens is 5. The molecule has 0 spiro atoms. The van der Waals surface area contributed by atoms with Crippen molar-refractivity contribution in [3.05, 3.63) is 59.7 Å². The van der Waals surface area contributed by atoms with Gasteiger partial charge in [-0.25, -0.2) is 19.9 Å². The number of nitrogens with one attached hydrogen (secondary N) is 2. The van der Waals surface area contributed by atoms with Crippen LogP contribution in [0.2, 0.25) is 0 Å². The van der Waals surface area contributed by atoms with Gasteiger partial charge in [0.15, 0.2) is 0 Å². The normalized spacial score (nSPS) is 14.7.